The van der Waals surface area contributed by atoms with E-state index in [1.807, 2.05) is 0 Å². The van der Waals surface area contributed by atoms with Gasteiger partial charge in [-0.15, -0.1) is 0 Å². The standard InChI is InChI=1S/C14H15N3O5/c1-3-16-12(19)13(20)17(14(16)21)8-11(18)15-9-6-4-5-7-10(9)22-2/h4-7H,3,8H2,1-2H3,(H,15,18). The molecule has 5 amide bonds. The largest absolute Gasteiger partial charge is 0.495 e. The van der Waals surface area contributed by atoms with Crippen LogP contribution >= 0.6 is 0 Å². The highest BCUT2D eigenvalue weighted by Gasteiger charge is 2.44. The average Bonchev–Trinajstić information content (AvgIpc) is 2.71. The molecule has 0 aromatic heterocycles. The Bertz CT molecular complexity index is 643. The highest BCUT2D eigenvalue weighted by atomic mass is 16.5. The monoisotopic (exact) mass is 305 g/mol. The van der Waals surface area contributed by atoms with Crippen LogP contribution in [0.15, 0.2) is 24.3 Å². The molecule has 0 aliphatic carbocycles. The lowest BCUT2D eigenvalue weighted by molar-refractivity contribution is -0.143. The van der Waals surface area contributed by atoms with E-state index in [0.717, 1.165) is 4.90 Å². The second kappa shape index (κ2) is 6.25. The highest BCUT2D eigenvalue weighted by Crippen LogP contribution is 2.23. The summed E-state index contributed by atoms with van der Waals surface area (Å²) in [5.74, 6) is -2.07. The van der Waals surface area contributed by atoms with Crippen molar-refractivity contribution in [1.29, 1.82) is 0 Å². The van der Waals surface area contributed by atoms with Gasteiger partial charge >= 0.3 is 17.8 Å². The number of likely N-dealkylation sites (N-methyl/N-ethyl adjacent to an activating group) is 1. The van der Waals surface area contributed by atoms with E-state index in [2.05, 4.69) is 5.32 Å². The molecular formula is C14H15N3O5. The van der Waals surface area contributed by atoms with Gasteiger partial charge in [0.15, 0.2) is 0 Å². The zero-order chi connectivity index (χ0) is 16.3. The number of amides is 5. The number of ether oxygens (including phenoxy) is 1. The molecule has 0 atom stereocenters. The second-order valence-electron chi connectivity index (χ2n) is 4.47. The number of para-hydroxylation sites is 2. The molecule has 1 aromatic rings. The molecule has 22 heavy (non-hydrogen) atoms. The van der Waals surface area contributed by atoms with E-state index in [1.165, 1.54) is 7.11 Å². The lowest BCUT2D eigenvalue weighted by atomic mass is 10.3. The van der Waals surface area contributed by atoms with Crippen LogP contribution in [0.25, 0.3) is 0 Å². The molecule has 0 unspecified atom stereocenters. The number of imide groups is 2. The number of hydrogen-bond donors (Lipinski definition) is 1. The molecule has 1 saturated heterocycles. The molecule has 0 bridgehead atoms. The number of nitrogens with one attached hydrogen (secondary N) is 1. The number of methoxy groups -OCH3 is 1. The minimum absolute atomic E-state index is 0.0774. The Morgan fingerprint density at radius 2 is 1.77 bits per heavy atom. The fourth-order valence-corrected chi connectivity index (χ4v) is 2.05. The molecular weight excluding hydrogens is 290 g/mol. The number of hydrogen-bond acceptors (Lipinski definition) is 5. The van der Waals surface area contributed by atoms with E-state index in [1.54, 1.807) is 31.2 Å². The molecule has 8 nitrogen and oxygen atoms in total. The van der Waals surface area contributed by atoms with E-state index < -0.39 is 30.3 Å². The van der Waals surface area contributed by atoms with Gasteiger partial charge in [0.05, 0.1) is 12.8 Å². The van der Waals surface area contributed by atoms with Crippen LogP contribution in [-0.2, 0) is 14.4 Å². The van der Waals surface area contributed by atoms with Crippen molar-refractivity contribution in [3.8, 4) is 5.75 Å². The van der Waals surface area contributed by atoms with Crippen molar-refractivity contribution in [2.75, 3.05) is 25.5 Å². The summed E-state index contributed by atoms with van der Waals surface area (Å²) in [5.41, 5.74) is 0.410. The molecule has 116 valence electrons. The van der Waals surface area contributed by atoms with Crippen molar-refractivity contribution in [3.05, 3.63) is 24.3 Å². The van der Waals surface area contributed by atoms with E-state index in [9.17, 15) is 19.2 Å². The van der Waals surface area contributed by atoms with Crippen LogP contribution in [0.1, 0.15) is 6.92 Å². The van der Waals surface area contributed by atoms with Crippen molar-refractivity contribution in [3.63, 3.8) is 0 Å². The summed E-state index contributed by atoms with van der Waals surface area (Å²) in [6, 6.07) is 5.93. The smallest absolute Gasteiger partial charge is 0.334 e. The van der Waals surface area contributed by atoms with E-state index in [-0.39, 0.29) is 6.54 Å². The van der Waals surface area contributed by atoms with Crippen LogP contribution < -0.4 is 10.1 Å². The topological polar surface area (TPSA) is 96.0 Å². The van der Waals surface area contributed by atoms with Gasteiger partial charge in [-0.25, -0.2) is 9.69 Å². The van der Waals surface area contributed by atoms with Crippen molar-refractivity contribution in [2.24, 2.45) is 0 Å². The SMILES string of the molecule is CCN1C(=O)C(=O)N(CC(=O)Nc2ccccc2OC)C1=O. The fourth-order valence-electron chi connectivity index (χ4n) is 2.05. The highest BCUT2D eigenvalue weighted by molar-refractivity contribution is 6.45. The minimum Gasteiger partial charge on any atom is -0.495 e. The van der Waals surface area contributed by atoms with Gasteiger partial charge in [-0.2, -0.15) is 0 Å². The third-order valence-electron chi connectivity index (χ3n) is 3.13. The van der Waals surface area contributed by atoms with Gasteiger partial charge < -0.3 is 10.1 Å². The van der Waals surface area contributed by atoms with Crippen molar-refractivity contribution in [2.45, 2.75) is 6.92 Å². The first-order chi connectivity index (χ1) is 10.5. The molecule has 1 aliphatic rings. The van der Waals surface area contributed by atoms with Crippen LogP contribution in [-0.4, -0.2) is 53.8 Å². The molecule has 0 saturated carbocycles. The Labute approximate surface area is 126 Å². The van der Waals surface area contributed by atoms with Crippen LogP contribution in [0.3, 0.4) is 0 Å². The predicted octanol–water partition coefficient (Wildman–Crippen LogP) is 0.444. The number of rotatable bonds is 5. The van der Waals surface area contributed by atoms with Crippen LogP contribution in [0, 0.1) is 0 Å². The first kappa shape index (κ1) is 15.5. The molecule has 1 fully saturated rings. The quantitative estimate of drug-likeness (QED) is 0.629. The van der Waals surface area contributed by atoms with Crippen molar-refractivity contribution < 1.29 is 23.9 Å². The molecule has 0 radical (unpaired) electrons. The van der Waals surface area contributed by atoms with Crippen molar-refractivity contribution >= 4 is 29.4 Å². The zero-order valence-corrected chi connectivity index (χ0v) is 12.2. The van der Waals surface area contributed by atoms with Gasteiger partial charge in [-0.3, -0.25) is 19.3 Å². The lowest BCUT2D eigenvalue weighted by Gasteiger charge is -2.14. The Kier molecular flexibility index (Phi) is 4.40. The average molecular weight is 305 g/mol. The van der Waals surface area contributed by atoms with E-state index in [0.29, 0.717) is 16.3 Å². The molecule has 0 spiro atoms. The number of carbonyl (C=O) groups excluding carboxylic acids is 4. The number of carbonyl (C=O) groups is 4. The molecule has 1 aliphatic heterocycles. The van der Waals surface area contributed by atoms with Crippen LogP contribution in [0.5, 0.6) is 5.75 Å². The summed E-state index contributed by atoms with van der Waals surface area (Å²) in [4.78, 5) is 48.5. The molecule has 8 heteroatoms. The molecule has 1 aromatic carbocycles. The summed E-state index contributed by atoms with van der Waals surface area (Å²) < 4.78 is 5.09. The molecule has 1 N–H and O–H groups in total. The van der Waals surface area contributed by atoms with Gasteiger partial charge in [-0.05, 0) is 19.1 Å². The van der Waals surface area contributed by atoms with Gasteiger partial charge in [-0.1, -0.05) is 12.1 Å². The third-order valence-corrected chi connectivity index (χ3v) is 3.13. The zero-order valence-electron chi connectivity index (χ0n) is 12.2. The lowest BCUT2D eigenvalue weighted by Crippen LogP contribution is -2.39. The number of urea groups is 1. The number of benzene rings is 1. The fraction of sp³-hybridized carbons (Fsp3) is 0.286. The van der Waals surface area contributed by atoms with Gasteiger partial charge in [0.1, 0.15) is 12.3 Å². The summed E-state index contributed by atoms with van der Waals surface area (Å²) in [7, 11) is 1.45. The molecule has 2 rings (SSSR count). The maximum absolute atomic E-state index is 12.0. The van der Waals surface area contributed by atoms with Crippen molar-refractivity contribution in [1.82, 2.24) is 9.80 Å². The predicted molar refractivity (Wildman–Crippen MR) is 76.1 cm³/mol. The maximum Gasteiger partial charge on any atom is 0.334 e. The Hall–Kier alpha value is -2.90. The Morgan fingerprint density at radius 3 is 2.36 bits per heavy atom. The van der Waals surface area contributed by atoms with Gasteiger partial charge in [0.2, 0.25) is 5.91 Å². The summed E-state index contributed by atoms with van der Waals surface area (Å²) in [5, 5.41) is 2.54. The van der Waals surface area contributed by atoms with Crippen LogP contribution in [0.4, 0.5) is 10.5 Å². The van der Waals surface area contributed by atoms with Crippen LogP contribution in [0.2, 0.25) is 0 Å². The first-order valence-electron chi connectivity index (χ1n) is 6.59. The number of anilines is 1. The third kappa shape index (κ3) is 2.76. The van der Waals surface area contributed by atoms with E-state index in [4.69, 9.17) is 4.74 Å². The van der Waals surface area contributed by atoms with Gasteiger partial charge in [0.25, 0.3) is 0 Å². The first-order valence-corrected chi connectivity index (χ1v) is 6.59. The maximum atomic E-state index is 12.0. The Balaban J connectivity index is 2.08. The normalized spacial score (nSPS) is 14.5. The summed E-state index contributed by atoms with van der Waals surface area (Å²) in [6.07, 6.45) is 0. The molecule has 1 heterocycles. The number of nitrogens with zero attached hydrogens (tertiary/aromatic N) is 2. The Morgan fingerprint density at radius 1 is 1.14 bits per heavy atom. The van der Waals surface area contributed by atoms with E-state index >= 15 is 0 Å². The summed E-state index contributed by atoms with van der Waals surface area (Å²) >= 11 is 0. The summed E-state index contributed by atoms with van der Waals surface area (Å²) in [6.45, 7) is 1.12. The second-order valence-corrected chi connectivity index (χ2v) is 4.47. The minimum atomic E-state index is -0.998. The van der Waals surface area contributed by atoms with Gasteiger partial charge in [0, 0.05) is 6.54 Å².